The summed E-state index contributed by atoms with van der Waals surface area (Å²) in [5, 5.41) is 9.82. The zero-order chi connectivity index (χ0) is 24.1. The van der Waals surface area contributed by atoms with E-state index in [2.05, 4.69) is 51.0 Å². The van der Waals surface area contributed by atoms with Crippen LogP contribution in [0, 0.1) is 18.3 Å². The van der Waals surface area contributed by atoms with E-state index in [0.29, 0.717) is 36.1 Å². The molecule has 1 heterocycles. The molecule has 172 valence electrons. The Bertz CT molecular complexity index is 1390. The van der Waals surface area contributed by atoms with Crippen LogP contribution in [0.5, 0.6) is 17.2 Å². The van der Waals surface area contributed by atoms with Gasteiger partial charge in [0.05, 0.1) is 34.8 Å². The number of fused-ring (bicyclic) bond motifs is 1. The summed E-state index contributed by atoms with van der Waals surface area (Å²) >= 11 is 3.61. The molecule has 1 aromatic heterocycles. The van der Waals surface area contributed by atoms with Gasteiger partial charge in [-0.15, -0.1) is 0 Å². The van der Waals surface area contributed by atoms with Crippen LogP contribution in [-0.4, -0.2) is 23.7 Å². The normalized spacial score (nSPS) is 11.3. The highest BCUT2D eigenvalue weighted by Gasteiger charge is 2.14. The van der Waals surface area contributed by atoms with Gasteiger partial charge in [-0.05, 0) is 71.2 Å². The third kappa shape index (κ3) is 5.24. The molecule has 0 atom stereocenters. The molecule has 0 aliphatic heterocycles. The van der Waals surface area contributed by atoms with Crippen LogP contribution in [0.4, 0.5) is 0 Å². The van der Waals surface area contributed by atoms with Crippen molar-refractivity contribution in [3.63, 3.8) is 0 Å². The molecule has 1 N–H and O–H groups in total. The van der Waals surface area contributed by atoms with Gasteiger partial charge in [-0.1, -0.05) is 29.8 Å². The third-order valence-electron chi connectivity index (χ3n) is 5.21. The Kier molecular flexibility index (Phi) is 7.19. The number of aromatic nitrogens is 2. The quantitative estimate of drug-likeness (QED) is 0.263. The fraction of sp³-hybridized carbons (Fsp3) is 0.185. The second-order valence-electron chi connectivity index (χ2n) is 7.68. The van der Waals surface area contributed by atoms with Gasteiger partial charge in [-0.25, -0.2) is 4.98 Å². The summed E-state index contributed by atoms with van der Waals surface area (Å²) < 4.78 is 18.0. The number of hydrogen-bond acceptors (Lipinski definition) is 5. The Hall–Kier alpha value is -3.76. The van der Waals surface area contributed by atoms with Crippen molar-refractivity contribution in [2.75, 3.05) is 13.7 Å². The number of hydrogen-bond donors (Lipinski definition) is 1. The molecule has 6 nitrogen and oxygen atoms in total. The molecule has 7 heteroatoms. The van der Waals surface area contributed by atoms with Crippen LogP contribution in [0.2, 0.25) is 0 Å². The number of nitrogens with zero attached hydrogens (tertiary/aromatic N) is 2. The molecule has 34 heavy (non-hydrogen) atoms. The monoisotopic (exact) mass is 517 g/mol. The Morgan fingerprint density at radius 1 is 1.12 bits per heavy atom. The van der Waals surface area contributed by atoms with Crippen molar-refractivity contribution in [3.8, 4) is 23.3 Å². The first-order valence-electron chi connectivity index (χ1n) is 10.8. The number of ether oxygens (including phenoxy) is 3. The lowest BCUT2D eigenvalue weighted by atomic mass is 10.1. The number of imidazole rings is 1. The molecule has 4 aromatic rings. The van der Waals surface area contributed by atoms with Crippen LogP contribution in [0.15, 0.2) is 59.1 Å². The summed E-state index contributed by atoms with van der Waals surface area (Å²) in [4.78, 5) is 7.75. The second-order valence-corrected chi connectivity index (χ2v) is 8.53. The van der Waals surface area contributed by atoms with Crippen LogP contribution in [-0.2, 0) is 6.61 Å². The number of methoxy groups -OCH3 is 1. The lowest BCUT2D eigenvalue weighted by Gasteiger charge is -2.15. The van der Waals surface area contributed by atoms with Gasteiger partial charge < -0.3 is 19.2 Å². The highest BCUT2D eigenvalue weighted by molar-refractivity contribution is 9.10. The maximum Gasteiger partial charge on any atom is 0.175 e. The number of nitrogens with one attached hydrogen (secondary N) is 1. The molecule has 4 rings (SSSR count). The number of aromatic amines is 1. The lowest BCUT2D eigenvalue weighted by molar-refractivity contribution is 0.267. The highest BCUT2D eigenvalue weighted by atomic mass is 79.9. The zero-order valence-electron chi connectivity index (χ0n) is 19.2. The topological polar surface area (TPSA) is 80.2 Å². The van der Waals surface area contributed by atoms with Crippen molar-refractivity contribution >= 4 is 38.6 Å². The number of H-pyrrole nitrogens is 1. The number of allylic oxidation sites excluding steroid dienone is 1. The van der Waals surface area contributed by atoms with Crippen LogP contribution in [0.1, 0.15) is 29.4 Å². The SMILES string of the molecule is CCOc1cc(/C=C(/C#N)c2nc3ccc(OC)cc3[nH]2)cc(Br)c1OCc1ccc(C)cc1. The number of benzene rings is 3. The molecule has 0 saturated carbocycles. The molecular weight excluding hydrogens is 494 g/mol. The largest absolute Gasteiger partial charge is 0.497 e. The average Bonchev–Trinajstić information content (AvgIpc) is 3.26. The molecule has 0 bridgehead atoms. The van der Waals surface area contributed by atoms with E-state index in [9.17, 15) is 5.26 Å². The number of halogens is 1. The van der Waals surface area contributed by atoms with Gasteiger partial charge in [0.2, 0.25) is 0 Å². The van der Waals surface area contributed by atoms with Crippen LogP contribution < -0.4 is 14.2 Å². The van der Waals surface area contributed by atoms with E-state index in [0.717, 1.165) is 32.4 Å². The van der Waals surface area contributed by atoms with Crippen LogP contribution in [0.3, 0.4) is 0 Å². The Morgan fingerprint density at radius 2 is 1.91 bits per heavy atom. The Morgan fingerprint density at radius 3 is 2.62 bits per heavy atom. The van der Waals surface area contributed by atoms with E-state index in [1.165, 1.54) is 5.56 Å². The minimum atomic E-state index is 0.401. The van der Waals surface area contributed by atoms with Crippen molar-refractivity contribution in [3.05, 3.63) is 81.6 Å². The first kappa shape index (κ1) is 23.4. The van der Waals surface area contributed by atoms with E-state index in [4.69, 9.17) is 14.2 Å². The standard InChI is InChI=1S/C27H24BrN3O3/c1-4-33-25-13-19(12-22(28)26(25)34-16-18-7-5-17(2)6-8-18)11-20(15-29)27-30-23-10-9-21(32-3)14-24(23)31-27/h5-14H,4,16H2,1-3H3,(H,30,31)/b20-11-. The average molecular weight is 518 g/mol. The van der Waals surface area contributed by atoms with Crippen molar-refractivity contribution in [1.29, 1.82) is 5.26 Å². The van der Waals surface area contributed by atoms with E-state index in [1.54, 1.807) is 13.2 Å². The first-order chi connectivity index (χ1) is 16.5. The summed E-state index contributed by atoms with van der Waals surface area (Å²) in [6.07, 6.45) is 1.77. The molecule has 0 amide bonds. The number of nitriles is 1. The van der Waals surface area contributed by atoms with E-state index >= 15 is 0 Å². The molecule has 3 aromatic carbocycles. The summed E-state index contributed by atoms with van der Waals surface area (Å²) in [6.45, 7) is 4.87. The molecular formula is C27H24BrN3O3. The predicted octanol–water partition coefficient (Wildman–Crippen LogP) is 6.68. The van der Waals surface area contributed by atoms with Crippen molar-refractivity contribution in [2.45, 2.75) is 20.5 Å². The van der Waals surface area contributed by atoms with Crippen molar-refractivity contribution in [1.82, 2.24) is 9.97 Å². The molecule has 0 unspecified atom stereocenters. The van der Waals surface area contributed by atoms with Crippen LogP contribution >= 0.6 is 15.9 Å². The summed E-state index contributed by atoms with van der Waals surface area (Å²) in [5.41, 5.74) is 5.01. The smallest absolute Gasteiger partial charge is 0.175 e. The lowest BCUT2D eigenvalue weighted by Crippen LogP contribution is -2.01. The molecule has 0 radical (unpaired) electrons. The molecule has 0 aliphatic carbocycles. The fourth-order valence-corrected chi connectivity index (χ4v) is 4.05. The highest BCUT2D eigenvalue weighted by Crippen LogP contribution is 2.38. The minimum absolute atomic E-state index is 0.401. The Labute approximate surface area is 206 Å². The van der Waals surface area contributed by atoms with Gasteiger partial charge in [0.1, 0.15) is 24.3 Å². The third-order valence-corrected chi connectivity index (χ3v) is 5.80. The summed E-state index contributed by atoms with van der Waals surface area (Å²) in [6, 6.07) is 19.8. The first-order valence-corrected chi connectivity index (χ1v) is 11.6. The van der Waals surface area contributed by atoms with Gasteiger partial charge in [0.25, 0.3) is 0 Å². The van der Waals surface area contributed by atoms with Crippen LogP contribution in [0.25, 0.3) is 22.7 Å². The summed E-state index contributed by atoms with van der Waals surface area (Å²) in [7, 11) is 1.61. The van der Waals surface area contributed by atoms with Crippen molar-refractivity contribution < 1.29 is 14.2 Å². The minimum Gasteiger partial charge on any atom is -0.497 e. The predicted molar refractivity (Wildman–Crippen MR) is 137 cm³/mol. The number of aryl methyl sites for hydroxylation is 1. The van der Waals surface area contributed by atoms with Gasteiger partial charge in [-0.3, -0.25) is 0 Å². The molecule has 0 saturated heterocycles. The van der Waals surface area contributed by atoms with Gasteiger partial charge >= 0.3 is 0 Å². The van der Waals surface area contributed by atoms with E-state index < -0.39 is 0 Å². The van der Waals surface area contributed by atoms with Gasteiger partial charge in [-0.2, -0.15) is 5.26 Å². The number of rotatable bonds is 8. The molecule has 0 aliphatic rings. The fourth-order valence-electron chi connectivity index (χ4n) is 3.48. The second kappa shape index (κ2) is 10.4. The van der Waals surface area contributed by atoms with Crippen molar-refractivity contribution in [2.24, 2.45) is 0 Å². The molecule has 0 spiro atoms. The van der Waals surface area contributed by atoms with Gasteiger partial charge in [0, 0.05) is 6.07 Å². The Balaban J connectivity index is 1.65. The molecule has 0 fully saturated rings. The maximum atomic E-state index is 9.82. The van der Waals surface area contributed by atoms with E-state index in [1.807, 2.05) is 49.4 Å². The maximum absolute atomic E-state index is 9.82. The zero-order valence-corrected chi connectivity index (χ0v) is 20.8. The summed E-state index contributed by atoms with van der Waals surface area (Å²) in [5.74, 6) is 2.42. The van der Waals surface area contributed by atoms with E-state index in [-0.39, 0.29) is 0 Å². The van der Waals surface area contributed by atoms with Gasteiger partial charge in [0.15, 0.2) is 11.5 Å².